The second-order valence-corrected chi connectivity index (χ2v) is 14.6. The Morgan fingerprint density at radius 2 is 1.65 bits per heavy atom. The predicted octanol–water partition coefficient (Wildman–Crippen LogP) is 6.20. The maximum atomic E-state index is 11.6. The van der Waals surface area contributed by atoms with Crippen LogP contribution in [0.1, 0.15) is 58.1 Å². The maximum Gasteiger partial charge on any atom is 0.294 e. The van der Waals surface area contributed by atoms with Crippen molar-refractivity contribution in [3.8, 4) is 0 Å². The molecule has 2 N–H and O–H groups in total. The predicted molar refractivity (Wildman–Crippen MR) is 159 cm³/mol. The number of hydrogen-bond acceptors (Lipinski definition) is 5. The molecule has 0 saturated heterocycles. The van der Waals surface area contributed by atoms with E-state index in [2.05, 4.69) is 18.4 Å². The maximum absolute atomic E-state index is 11.6. The third-order valence-corrected chi connectivity index (χ3v) is 9.51. The summed E-state index contributed by atoms with van der Waals surface area (Å²) in [5, 5.41) is 0.646. The van der Waals surface area contributed by atoms with E-state index in [0.29, 0.717) is 36.5 Å². The number of fused-ring (bicyclic) bond motifs is 2. The van der Waals surface area contributed by atoms with E-state index in [1.54, 1.807) is 6.07 Å². The summed E-state index contributed by atoms with van der Waals surface area (Å²) in [6.45, 7) is 8.80. The van der Waals surface area contributed by atoms with Gasteiger partial charge in [-0.05, 0) is 56.2 Å². The van der Waals surface area contributed by atoms with Crippen LogP contribution < -0.4 is 0 Å². The number of aliphatic imine (C=N–C) groups is 1. The zero-order valence-corrected chi connectivity index (χ0v) is 25.3. The number of benzene rings is 2. The summed E-state index contributed by atoms with van der Waals surface area (Å²) in [6, 6.07) is 10.2. The summed E-state index contributed by atoms with van der Waals surface area (Å²) in [5.41, 5.74) is 4.66. The average Bonchev–Trinajstić information content (AvgIpc) is 3.21. The van der Waals surface area contributed by atoms with Crippen molar-refractivity contribution >= 4 is 54.6 Å². The van der Waals surface area contributed by atoms with Crippen LogP contribution in [0.25, 0.3) is 0 Å². The van der Waals surface area contributed by atoms with Gasteiger partial charge in [0, 0.05) is 46.7 Å². The molecule has 11 heteroatoms. The molecule has 0 aliphatic carbocycles. The molecule has 8 nitrogen and oxygen atoms in total. The summed E-state index contributed by atoms with van der Waals surface area (Å²) in [5.74, 6) is -0.271. The molecule has 0 bridgehead atoms. The number of rotatable bonds is 10. The Morgan fingerprint density at radius 3 is 2.33 bits per heavy atom. The number of nitrogens with zero attached hydrogens (tertiary/aromatic N) is 2. The van der Waals surface area contributed by atoms with Crippen molar-refractivity contribution in [2.45, 2.75) is 62.7 Å². The molecule has 0 radical (unpaired) electrons. The Balaban J connectivity index is 1.53. The van der Waals surface area contributed by atoms with Crippen molar-refractivity contribution in [1.82, 2.24) is 0 Å². The average molecular weight is 606 g/mol. The van der Waals surface area contributed by atoms with Crippen molar-refractivity contribution in [3.63, 3.8) is 0 Å². The van der Waals surface area contributed by atoms with E-state index >= 15 is 0 Å². The van der Waals surface area contributed by atoms with Gasteiger partial charge in [0.1, 0.15) is 6.54 Å². The highest BCUT2D eigenvalue weighted by Crippen LogP contribution is 2.43. The van der Waals surface area contributed by atoms with Gasteiger partial charge in [-0.3, -0.25) is 14.1 Å². The minimum Gasteiger partial charge on any atom is -0.286 e. The van der Waals surface area contributed by atoms with E-state index < -0.39 is 25.7 Å². The van der Waals surface area contributed by atoms with E-state index in [0.717, 1.165) is 28.2 Å². The first kappa shape index (κ1) is 30.3. The molecule has 0 aromatic heterocycles. The molecule has 0 spiro atoms. The number of halogens is 1. The fourth-order valence-electron chi connectivity index (χ4n) is 5.36. The molecule has 214 valence electrons. The van der Waals surface area contributed by atoms with E-state index in [9.17, 15) is 21.4 Å². The number of hydrogen-bond donors (Lipinski definition) is 2. The van der Waals surface area contributed by atoms with E-state index in [1.807, 2.05) is 56.4 Å². The van der Waals surface area contributed by atoms with Crippen LogP contribution in [0, 0.1) is 0 Å². The molecule has 2 heterocycles. The van der Waals surface area contributed by atoms with Crippen LogP contribution in [-0.2, 0) is 31.1 Å². The van der Waals surface area contributed by atoms with Gasteiger partial charge < -0.3 is 0 Å². The van der Waals surface area contributed by atoms with Crippen LogP contribution in [0.15, 0.2) is 70.6 Å². The van der Waals surface area contributed by atoms with Crippen molar-refractivity contribution in [1.29, 1.82) is 0 Å². The molecule has 0 saturated carbocycles. The standard InChI is InChI=1S/C29H33ClN2O6S2/c1-28(2)22-19-21(40(36,37)38)13-14-24(22)31-26(28)10-6-5-7-11-27-29(3,4)23-18-20(30)12-15-25(23)32(27)16-8-9-17-39(33,34)35/h5-7,11-15,18-19H,8-10,16-17H2,1-4H3,(H-,33,34,35,36,37,38)/p+1. The molecular formula is C29H34ClN2O6S2+. The van der Waals surface area contributed by atoms with Crippen LogP contribution in [0.2, 0.25) is 5.02 Å². The van der Waals surface area contributed by atoms with Gasteiger partial charge in [0.25, 0.3) is 20.2 Å². The summed E-state index contributed by atoms with van der Waals surface area (Å²) in [4.78, 5) is 4.57. The van der Waals surface area contributed by atoms with Crippen LogP contribution in [0.3, 0.4) is 0 Å². The van der Waals surface area contributed by atoms with Gasteiger partial charge in [-0.1, -0.05) is 43.7 Å². The lowest BCUT2D eigenvalue weighted by Crippen LogP contribution is -2.28. The molecule has 2 aromatic rings. The zero-order valence-electron chi connectivity index (χ0n) is 22.9. The van der Waals surface area contributed by atoms with Gasteiger partial charge in [-0.2, -0.15) is 21.4 Å². The van der Waals surface area contributed by atoms with Gasteiger partial charge in [-0.25, -0.2) is 0 Å². The fraction of sp³-hybridized carbons (Fsp3) is 0.379. The quantitative estimate of drug-likeness (QED) is 0.144. The van der Waals surface area contributed by atoms with E-state index in [4.69, 9.17) is 21.1 Å². The summed E-state index contributed by atoms with van der Waals surface area (Å²) >= 11 is 6.31. The molecule has 2 aliphatic rings. The van der Waals surface area contributed by atoms with Crippen molar-refractivity contribution < 1.29 is 30.5 Å². The lowest BCUT2D eigenvalue weighted by molar-refractivity contribution is -0.438. The van der Waals surface area contributed by atoms with Crippen molar-refractivity contribution in [2.24, 2.45) is 4.99 Å². The normalized spacial score (nSPS) is 18.0. The third kappa shape index (κ3) is 6.31. The number of allylic oxidation sites excluding steroid dienone is 4. The topological polar surface area (TPSA) is 124 Å². The Morgan fingerprint density at radius 1 is 0.925 bits per heavy atom. The molecule has 40 heavy (non-hydrogen) atoms. The van der Waals surface area contributed by atoms with Crippen LogP contribution in [0.5, 0.6) is 0 Å². The van der Waals surface area contributed by atoms with E-state index in [1.165, 1.54) is 12.1 Å². The van der Waals surface area contributed by atoms with Gasteiger partial charge in [-0.15, -0.1) is 0 Å². The fourth-order valence-corrected chi connectivity index (χ4v) is 6.61. The van der Waals surface area contributed by atoms with Crippen molar-refractivity contribution in [2.75, 3.05) is 12.3 Å². The van der Waals surface area contributed by atoms with Crippen molar-refractivity contribution in [3.05, 3.63) is 76.9 Å². The molecule has 0 atom stereocenters. The minimum absolute atomic E-state index is 0.143. The minimum atomic E-state index is -4.30. The highest BCUT2D eigenvalue weighted by molar-refractivity contribution is 7.86. The summed E-state index contributed by atoms with van der Waals surface area (Å²) in [7, 11) is -8.30. The van der Waals surface area contributed by atoms with E-state index in [-0.39, 0.29) is 16.1 Å². The Kier molecular flexibility index (Phi) is 8.33. The molecule has 0 fully saturated rings. The highest BCUT2D eigenvalue weighted by Gasteiger charge is 2.44. The molecule has 0 unspecified atom stereocenters. The Hall–Kier alpha value is -2.63. The Labute approximate surface area is 241 Å². The monoisotopic (exact) mass is 605 g/mol. The van der Waals surface area contributed by atoms with Gasteiger partial charge in [0.15, 0.2) is 5.71 Å². The van der Waals surface area contributed by atoms with Crippen LogP contribution in [-0.4, -0.2) is 54.2 Å². The largest absolute Gasteiger partial charge is 0.294 e. The van der Waals surface area contributed by atoms with Gasteiger partial charge in [0.05, 0.1) is 21.8 Å². The van der Waals surface area contributed by atoms with Crippen LogP contribution in [0.4, 0.5) is 11.4 Å². The third-order valence-electron chi connectivity index (χ3n) is 7.62. The Bertz CT molecular complexity index is 1680. The first-order valence-corrected chi connectivity index (χ1v) is 16.4. The SMILES string of the molecule is CC1(C)C(CC=CC=CC2=[N+](CCCCS(=O)(=O)O)c3ccc(Cl)cc3C2(C)C)=Nc2ccc(S(=O)(=O)O)cc21. The molecule has 2 aromatic carbocycles. The summed E-state index contributed by atoms with van der Waals surface area (Å²) < 4.78 is 66.2. The zero-order chi connectivity index (χ0) is 29.5. The first-order chi connectivity index (χ1) is 18.5. The first-order valence-electron chi connectivity index (χ1n) is 13.0. The van der Waals surface area contributed by atoms with Crippen LogP contribution >= 0.6 is 11.6 Å². The molecule has 2 aliphatic heterocycles. The second-order valence-electron chi connectivity index (χ2n) is 11.1. The molecule has 4 rings (SSSR count). The molecule has 0 amide bonds. The highest BCUT2D eigenvalue weighted by atomic mass is 35.5. The lowest BCUT2D eigenvalue weighted by atomic mass is 9.80. The summed E-state index contributed by atoms with van der Waals surface area (Å²) in [6.07, 6.45) is 9.43. The second kappa shape index (κ2) is 11.0. The lowest BCUT2D eigenvalue weighted by Gasteiger charge is -2.21. The van der Waals surface area contributed by atoms with Gasteiger partial charge >= 0.3 is 0 Å². The van der Waals surface area contributed by atoms with Gasteiger partial charge in [0.2, 0.25) is 5.69 Å². The molecular weight excluding hydrogens is 572 g/mol. The smallest absolute Gasteiger partial charge is 0.286 e. The number of unbranched alkanes of at least 4 members (excludes halogenated alkanes) is 1.